The van der Waals surface area contributed by atoms with Crippen LogP contribution in [0.1, 0.15) is 24.8 Å². The Kier molecular flexibility index (Phi) is 5.54. The molecular formula is C15H20N2O4S. The van der Waals surface area contributed by atoms with Gasteiger partial charge in [-0.2, -0.15) is 0 Å². The van der Waals surface area contributed by atoms with E-state index in [1.54, 1.807) is 30.3 Å². The highest BCUT2D eigenvalue weighted by molar-refractivity contribution is 7.91. The fraction of sp³-hybridized carbons (Fsp3) is 0.467. The minimum absolute atomic E-state index is 0.182. The average molecular weight is 324 g/mol. The van der Waals surface area contributed by atoms with Gasteiger partial charge in [-0.3, -0.25) is 9.59 Å². The molecule has 0 radical (unpaired) electrons. The first kappa shape index (κ1) is 16.5. The van der Waals surface area contributed by atoms with Crippen molar-refractivity contribution in [2.75, 3.05) is 12.3 Å². The minimum atomic E-state index is -3.55. The maximum Gasteiger partial charge on any atom is 0.242 e. The predicted octanol–water partition coefficient (Wildman–Crippen LogP) is 0.386. The molecule has 0 bridgehead atoms. The normalized spacial score (nSPS) is 19.1. The number of hydrogen-bond donors (Lipinski definition) is 2. The number of sulfone groups is 1. The first-order chi connectivity index (χ1) is 10.5. The third-order valence-electron chi connectivity index (χ3n) is 3.45. The molecule has 1 aliphatic rings. The molecule has 2 amide bonds. The molecule has 1 aliphatic heterocycles. The predicted molar refractivity (Wildman–Crippen MR) is 82.7 cm³/mol. The summed E-state index contributed by atoms with van der Waals surface area (Å²) in [4.78, 5) is 23.6. The number of carbonyl (C=O) groups excluding carboxylic acids is 2. The van der Waals surface area contributed by atoms with Crippen LogP contribution in [0.2, 0.25) is 0 Å². The highest BCUT2D eigenvalue weighted by Crippen LogP contribution is 2.08. The first-order valence-corrected chi connectivity index (χ1v) is 9.10. The molecule has 0 spiro atoms. The third kappa shape index (κ3) is 5.14. The van der Waals surface area contributed by atoms with Gasteiger partial charge in [-0.05, 0) is 24.8 Å². The summed E-state index contributed by atoms with van der Waals surface area (Å²) >= 11 is 0. The monoisotopic (exact) mass is 324 g/mol. The van der Waals surface area contributed by atoms with Crippen molar-refractivity contribution in [3.8, 4) is 0 Å². The highest BCUT2D eigenvalue weighted by Gasteiger charge is 2.25. The van der Waals surface area contributed by atoms with Gasteiger partial charge < -0.3 is 10.6 Å². The second kappa shape index (κ2) is 7.40. The van der Waals surface area contributed by atoms with E-state index in [0.29, 0.717) is 18.5 Å². The van der Waals surface area contributed by atoms with E-state index < -0.39 is 27.5 Å². The van der Waals surface area contributed by atoms with E-state index in [-0.39, 0.29) is 11.7 Å². The van der Waals surface area contributed by atoms with Crippen molar-refractivity contribution in [2.24, 2.45) is 0 Å². The summed E-state index contributed by atoms with van der Waals surface area (Å²) in [5.74, 6) is -1.66. The maximum absolute atomic E-state index is 12.0. The third-order valence-corrected chi connectivity index (χ3v) is 4.93. The lowest BCUT2D eigenvalue weighted by Crippen LogP contribution is -2.47. The fourth-order valence-corrected chi connectivity index (χ4v) is 3.68. The molecule has 1 atom stereocenters. The van der Waals surface area contributed by atoms with E-state index in [1.165, 1.54) is 0 Å². The molecule has 1 saturated heterocycles. The molecule has 1 fully saturated rings. The number of rotatable bonds is 5. The fourth-order valence-electron chi connectivity index (χ4n) is 2.39. The average Bonchev–Trinajstić information content (AvgIpc) is 2.64. The van der Waals surface area contributed by atoms with E-state index in [4.69, 9.17) is 0 Å². The number of amides is 2. The van der Waals surface area contributed by atoms with Crippen LogP contribution in [-0.2, 0) is 25.2 Å². The van der Waals surface area contributed by atoms with Crippen LogP contribution in [0.3, 0.4) is 0 Å². The Bertz CT molecular complexity index is 628. The Morgan fingerprint density at radius 3 is 2.68 bits per heavy atom. The van der Waals surface area contributed by atoms with Gasteiger partial charge in [0.1, 0.15) is 11.8 Å². The molecule has 1 aromatic rings. The van der Waals surface area contributed by atoms with Gasteiger partial charge in [0, 0.05) is 6.54 Å². The lowest BCUT2D eigenvalue weighted by molar-refractivity contribution is -0.127. The van der Waals surface area contributed by atoms with Crippen molar-refractivity contribution in [1.82, 2.24) is 10.6 Å². The highest BCUT2D eigenvalue weighted by atomic mass is 32.2. The molecule has 22 heavy (non-hydrogen) atoms. The van der Waals surface area contributed by atoms with Crippen LogP contribution >= 0.6 is 0 Å². The second-order valence-electron chi connectivity index (χ2n) is 5.42. The zero-order valence-corrected chi connectivity index (χ0v) is 13.1. The van der Waals surface area contributed by atoms with E-state index in [2.05, 4.69) is 10.6 Å². The van der Waals surface area contributed by atoms with Crippen LogP contribution in [0.5, 0.6) is 0 Å². The van der Waals surface area contributed by atoms with Crippen LogP contribution < -0.4 is 10.6 Å². The van der Waals surface area contributed by atoms with Crippen molar-refractivity contribution in [2.45, 2.75) is 31.1 Å². The molecule has 0 unspecified atom stereocenters. The Balaban J connectivity index is 1.91. The Hall–Kier alpha value is -1.89. The number of hydrogen-bond acceptors (Lipinski definition) is 4. The summed E-state index contributed by atoms with van der Waals surface area (Å²) in [5.41, 5.74) is 0.641. The lowest BCUT2D eigenvalue weighted by Gasteiger charge is -2.15. The molecule has 2 N–H and O–H groups in total. The number of carbonyl (C=O) groups is 2. The van der Waals surface area contributed by atoms with Crippen LogP contribution in [0.25, 0.3) is 0 Å². The molecule has 7 heteroatoms. The summed E-state index contributed by atoms with van der Waals surface area (Å²) < 4.78 is 24.1. The Morgan fingerprint density at radius 2 is 1.95 bits per heavy atom. The molecule has 6 nitrogen and oxygen atoms in total. The SMILES string of the molecule is O=C(CS(=O)(=O)Cc1ccccc1)N[C@@H]1CCCCNC1=O. The molecular weight excluding hydrogens is 304 g/mol. The van der Waals surface area contributed by atoms with Crippen LogP contribution in [0, 0.1) is 0 Å². The summed E-state index contributed by atoms with van der Waals surface area (Å²) in [6.45, 7) is 0.595. The van der Waals surface area contributed by atoms with E-state index in [9.17, 15) is 18.0 Å². The largest absolute Gasteiger partial charge is 0.354 e. The van der Waals surface area contributed by atoms with Gasteiger partial charge in [0.2, 0.25) is 11.8 Å². The smallest absolute Gasteiger partial charge is 0.242 e. The van der Waals surface area contributed by atoms with Gasteiger partial charge in [0.15, 0.2) is 9.84 Å². The molecule has 2 rings (SSSR count). The van der Waals surface area contributed by atoms with Gasteiger partial charge in [0.25, 0.3) is 0 Å². The van der Waals surface area contributed by atoms with Gasteiger partial charge in [0.05, 0.1) is 5.75 Å². The standard InChI is InChI=1S/C15H20N2O4S/c18-14(17-13-8-4-5-9-16-15(13)19)11-22(20,21)10-12-6-2-1-3-7-12/h1-3,6-7,13H,4-5,8-11H2,(H,16,19)(H,17,18)/t13-/m1/s1. The van der Waals surface area contributed by atoms with Gasteiger partial charge in [-0.1, -0.05) is 30.3 Å². The number of nitrogens with one attached hydrogen (secondary N) is 2. The van der Waals surface area contributed by atoms with Gasteiger partial charge >= 0.3 is 0 Å². The zero-order chi connectivity index (χ0) is 16.0. The second-order valence-corrected chi connectivity index (χ2v) is 7.49. The zero-order valence-electron chi connectivity index (χ0n) is 12.2. The number of benzene rings is 1. The summed E-state index contributed by atoms with van der Waals surface area (Å²) in [5, 5.41) is 5.22. The minimum Gasteiger partial charge on any atom is -0.354 e. The van der Waals surface area contributed by atoms with Crippen molar-refractivity contribution < 1.29 is 18.0 Å². The molecule has 0 aromatic heterocycles. The van der Waals surface area contributed by atoms with E-state index >= 15 is 0 Å². The lowest BCUT2D eigenvalue weighted by atomic mass is 10.1. The quantitative estimate of drug-likeness (QED) is 0.819. The van der Waals surface area contributed by atoms with E-state index in [0.717, 1.165) is 12.8 Å². The summed E-state index contributed by atoms with van der Waals surface area (Å²) in [6.07, 6.45) is 2.22. The molecule has 1 heterocycles. The van der Waals surface area contributed by atoms with Crippen molar-refractivity contribution in [3.05, 3.63) is 35.9 Å². The Morgan fingerprint density at radius 1 is 1.23 bits per heavy atom. The van der Waals surface area contributed by atoms with Crippen LogP contribution in [0.4, 0.5) is 0 Å². The molecule has 0 aliphatic carbocycles. The van der Waals surface area contributed by atoms with Crippen molar-refractivity contribution in [3.63, 3.8) is 0 Å². The van der Waals surface area contributed by atoms with Crippen LogP contribution in [-0.4, -0.2) is 38.6 Å². The summed E-state index contributed by atoms with van der Waals surface area (Å²) in [7, 11) is -3.55. The maximum atomic E-state index is 12.0. The van der Waals surface area contributed by atoms with Crippen molar-refractivity contribution >= 4 is 21.7 Å². The molecule has 1 aromatic carbocycles. The topological polar surface area (TPSA) is 92.3 Å². The van der Waals surface area contributed by atoms with Crippen LogP contribution in [0.15, 0.2) is 30.3 Å². The van der Waals surface area contributed by atoms with Crippen molar-refractivity contribution in [1.29, 1.82) is 0 Å². The van der Waals surface area contributed by atoms with Gasteiger partial charge in [-0.15, -0.1) is 0 Å². The van der Waals surface area contributed by atoms with Gasteiger partial charge in [-0.25, -0.2) is 8.42 Å². The Labute approximate surface area is 130 Å². The molecule has 0 saturated carbocycles. The first-order valence-electron chi connectivity index (χ1n) is 7.28. The molecule has 120 valence electrons. The summed E-state index contributed by atoms with van der Waals surface area (Å²) in [6, 6.07) is 8.07. The van der Waals surface area contributed by atoms with E-state index in [1.807, 2.05) is 0 Å².